The SMILES string of the molecule is Cc1sc2cncn2c1C(O)c1cn(-c2ccc(NC(=O)O)cc2)nn1. The van der Waals surface area contributed by atoms with E-state index in [1.807, 2.05) is 11.3 Å². The van der Waals surface area contributed by atoms with Crippen LogP contribution in [0.3, 0.4) is 0 Å². The zero-order valence-electron chi connectivity index (χ0n) is 13.6. The number of nitrogens with zero attached hydrogens (tertiary/aromatic N) is 5. The molecule has 10 heteroatoms. The van der Waals surface area contributed by atoms with Gasteiger partial charge in [-0.15, -0.1) is 16.4 Å². The molecule has 1 aromatic carbocycles. The lowest BCUT2D eigenvalue weighted by atomic mass is 10.2. The summed E-state index contributed by atoms with van der Waals surface area (Å²) >= 11 is 1.55. The van der Waals surface area contributed by atoms with Crippen LogP contribution in [0.5, 0.6) is 0 Å². The van der Waals surface area contributed by atoms with E-state index in [0.717, 1.165) is 15.4 Å². The molecule has 0 saturated heterocycles. The number of aliphatic hydroxyl groups excluding tert-OH is 1. The highest BCUT2D eigenvalue weighted by Gasteiger charge is 2.22. The molecule has 0 aliphatic heterocycles. The highest BCUT2D eigenvalue weighted by atomic mass is 32.1. The number of thiazole rings is 1. The monoisotopic (exact) mass is 370 g/mol. The average Bonchev–Trinajstić information content (AvgIpc) is 3.30. The van der Waals surface area contributed by atoms with E-state index in [-0.39, 0.29) is 0 Å². The average molecular weight is 370 g/mol. The van der Waals surface area contributed by atoms with Gasteiger partial charge in [0.15, 0.2) is 0 Å². The van der Waals surface area contributed by atoms with E-state index in [1.54, 1.807) is 54.3 Å². The van der Waals surface area contributed by atoms with Gasteiger partial charge in [0, 0.05) is 10.6 Å². The van der Waals surface area contributed by atoms with Gasteiger partial charge in [-0.25, -0.2) is 14.5 Å². The van der Waals surface area contributed by atoms with Crippen molar-refractivity contribution in [2.45, 2.75) is 13.0 Å². The molecule has 132 valence electrons. The van der Waals surface area contributed by atoms with Crippen molar-refractivity contribution in [1.29, 1.82) is 0 Å². The number of rotatable bonds is 4. The molecule has 4 rings (SSSR count). The van der Waals surface area contributed by atoms with Crippen LogP contribution in [0.25, 0.3) is 10.5 Å². The van der Waals surface area contributed by atoms with Crippen molar-refractivity contribution >= 4 is 27.9 Å². The van der Waals surface area contributed by atoms with E-state index in [1.165, 1.54) is 4.68 Å². The van der Waals surface area contributed by atoms with Crippen LogP contribution in [0.15, 0.2) is 43.0 Å². The van der Waals surface area contributed by atoms with Crippen LogP contribution in [0, 0.1) is 6.92 Å². The summed E-state index contributed by atoms with van der Waals surface area (Å²) in [4.78, 5) is 16.7. The standard InChI is InChI=1S/C16H14N6O3S/c1-9-14(21-8-17-6-13(21)26-9)15(23)12-7-22(20-19-12)11-4-2-10(3-5-11)18-16(24)25/h2-8,15,18,23H,1H3,(H,24,25). The maximum atomic E-state index is 10.7. The van der Waals surface area contributed by atoms with Crippen LogP contribution in [-0.4, -0.2) is 40.7 Å². The molecule has 1 amide bonds. The molecule has 9 nitrogen and oxygen atoms in total. The Hall–Kier alpha value is -3.24. The van der Waals surface area contributed by atoms with Gasteiger partial charge in [0.1, 0.15) is 23.0 Å². The summed E-state index contributed by atoms with van der Waals surface area (Å²) in [5.74, 6) is 0. The number of hydrogen-bond donors (Lipinski definition) is 3. The van der Waals surface area contributed by atoms with E-state index < -0.39 is 12.2 Å². The molecule has 26 heavy (non-hydrogen) atoms. The Morgan fingerprint density at radius 1 is 1.31 bits per heavy atom. The van der Waals surface area contributed by atoms with Crippen LogP contribution in [0.1, 0.15) is 22.4 Å². The molecule has 0 aliphatic carbocycles. The fraction of sp³-hybridized carbons (Fsp3) is 0.125. The van der Waals surface area contributed by atoms with Gasteiger partial charge in [0.05, 0.1) is 23.8 Å². The van der Waals surface area contributed by atoms with E-state index in [2.05, 4.69) is 20.6 Å². The Bertz CT molecular complexity index is 1080. The highest BCUT2D eigenvalue weighted by Crippen LogP contribution is 2.30. The minimum absolute atomic E-state index is 0.411. The fourth-order valence-electron chi connectivity index (χ4n) is 2.73. The van der Waals surface area contributed by atoms with Gasteiger partial charge in [0.2, 0.25) is 0 Å². The highest BCUT2D eigenvalue weighted by molar-refractivity contribution is 7.17. The van der Waals surface area contributed by atoms with E-state index >= 15 is 0 Å². The second-order valence-corrected chi connectivity index (χ2v) is 6.85. The molecule has 3 heterocycles. The number of aliphatic hydroxyl groups is 1. The smallest absolute Gasteiger partial charge is 0.409 e. The van der Waals surface area contributed by atoms with Crippen LogP contribution in [0.2, 0.25) is 0 Å². The van der Waals surface area contributed by atoms with Crippen molar-refractivity contribution in [1.82, 2.24) is 24.4 Å². The molecule has 1 unspecified atom stereocenters. The van der Waals surface area contributed by atoms with Crippen molar-refractivity contribution in [2.24, 2.45) is 0 Å². The summed E-state index contributed by atoms with van der Waals surface area (Å²) in [6.07, 6.45) is 3.00. The van der Waals surface area contributed by atoms with Gasteiger partial charge in [-0.05, 0) is 31.2 Å². The number of carboxylic acid groups (broad SMARTS) is 1. The number of amides is 1. The lowest BCUT2D eigenvalue weighted by Gasteiger charge is -2.07. The molecule has 0 spiro atoms. The minimum Gasteiger partial charge on any atom is -0.465 e. The molecular weight excluding hydrogens is 356 g/mol. The number of nitrogens with one attached hydrogen (secondary N) is 1. The third-order valence-corrected chi connectivity index (χ3v) is 4.94. The molecule has 0 saturated carbocycles. The van der Waals surface area contributed by atoms with Gasteiger partial charge in [-0.1, -0.05) is 5.21 Å². The van der Waals surface area contributed by atoms with Gasteiger partial charge in [-0.3, -0.25) is 9.72 Å². The Labute approximate surface area is 151 Å². The van der Waals surface area contributed by atoms with Crippen molar-refractivity contribution < 1.29 is 15.0 Å². The zero-order chi connectivity index (χ0) is 18.3. The summed E-state index contributed by atoms with van der Waals surface area (Å²) in [6.45, 7) is 1.94. The number of anilines is 1. The third-order valence-electron chi connectivity index (χ3n) is 3.92. The topological polar surface area (TPSA) is 118 Å². The molecule has 0 fully saturated rings. The zero-order valence-corrected chi connectivity index (χ0v) is 14.4. The van der Waals surface area contributed by atoms with E-state index in [9.17, 15) is 9.90 Å². The third kappa shape index (κ3) is 2.80. The Morgan fingerprint density at radius 3 is 2.81 bits per heavy atom. The first kappa shape index (κ1) is 16.2. The second kappa shape index (κ2) is 6.24. The van der Waals surface area contributed by atoms with Gasteiger partial charge in [0.25, 0.3) is 0 Å². The number of carbonyl (C=O) groups is 1. The molecule has 0 aliphatic rings. The Morgan fingerprint density at radius 2 is 2.08 bits per heavy atom. The molecule has 3 aromatic heterocycles. The lowest BCUT2D eigenvalue weighted by molar-refractivity contribution is 0.208. The molecule has 1 atom stereocenters. The predicted octanol–water partition coefficient (Wildman–Crippen LogP) is 2.46. The fourth-order valence-corrected chi connectivity index (χ4v) is 3.72. The van der Waals surface area contributed by atoms with Crippen molar-refractivity contribution in [3.8, 4) is 5.69 Å². The lowest BCUT2D eigenvalue weighted by Crippen LogP contribution is -2.07. The van der Waals surface area contributed by atoms with Gasteiger partial charge < -0.3 is 10.2 Å². The maximum absolute atomic E-state index is 10.7. The summed E-state index contributed by atoms with van der Waals surface area (Å²) in [5, 5.41) is 29.9. The molecule has 4 aromatic rings. The largest absolute Gasteiger partial charge is 0.465 e. The van der Waals surface area contributed by atoms with Gasteiger partial charge >= 0.3 is 6.09 Å². The normalized spacial score (nSPS) is 12.4. The number of benzene rings is 1. The first-order valence-corrected chi connectivity index (χ1v) is 8.46. The van der Waals surface area contributed by atoms with Crippen molar-refractivity contribution in [2.75, 3.05) is 5.32 Å². The van der Waals surface area contributed by atoms with E-state index in [0.29, 0.717) is 17.1 Å². The Kier molecular flexibility index (Phi) is 3.90. The van der Waals surface area contributed by atoms with Crippen LogP contribution in [0.4, 0.5) is 10.5 Å². The quantitative estimate of drug-likeness (QED) is 0.508. The summed E-state index contributed by atoms with van der Waals surface area (Å²) < 4.78 is 3.37. The molecular formula is C16H14N6O3S. The number of imidazole rings is 1. The minimum atomic E-state index is -1.12. The first-order valence-electron chi connectivity index (χ1n) is 7.65. The number of aryl methyl sites for hydroxylation is 1. The van der Waals surface area contributed by atoms with Crippen molar-refractivity contribution in [3.05, 3.63) is 59.3 Å². The summed E-state index contributed by atoms with van der Waals surface area (Å²) in [7, 11) is 0. The molecule has 3 N–H and O–H groups in total. The van der Waals surface area contributed by atoms with Crippen LogP contribution < -0.4 is 5.32 Å². The first-order chi connectivity index (χ1) is 12.5. The number of hydrogen-bond acceptors (Lipinski definition) is 6. The predicted molar refractivity (Wildman–Crippen MR) is 94.9 cm³/mol. The Balaban J connectivity index is 1.62. The second-order valence-electron chi connectivity index (χ2n) is 5.61. The van der Waals surface area contributed by atoms with Crippen LogP contribution in [-0.2, 0) is 0 Å². The van der Waals surface area contributed by atoms with Crippen LogP contribution >= 0.6 is 11.3 Å². The number of aromatic nitrogens is 5. The summed E-state index contributed by atoms with van der Waals surface area (Å²) in [6, 6.07) is 6.67. The molecule has 0 bridgehead atoms. The number of fused-ring (bicyclic) bond motifs is 1. The molecule has 0 radical (unpaired) electrons. The van der Waals surface area contributed by atoms with Gasteiger partial charge in [-0.2, -0.15) is 0 Å². The van der Waals surface area contributed by atoms with E-state index in [4.69, 9.17) is 5.11 Å². The summed E-state index contributed by atoms with van der Waals surface area (Å²) in [5.41, 5.74) is 2.28. The van der Waals surface area contributed by atoms with Crippen molar-refractivity contribution in [3.63, 3.8) is 0 Å². The maximum Gasteiger partial charge on any atom is 0.409 e.